The first kappa shape index (κ1) is 22.7. The molecule has 0 spiro atoms. The lowest BCUT2D eigenvalue weighted by Gasteiger charge is -2.33. The Balaban J connectivity index is 1.35. The number of ether oxygens (including phenoxy) is 5. The van der Waals surface area contributed by atoms with Crippen molar-refractivity contribution >= 4 is 11.9 Å². The van der Waals surface area contributed by atoms with E-state index in [1.54, 1.807) is 26.4 Å². The van der Waals surface area contributed by atoms with E-state index in [-0.39, 0.29) is 11.5 Å². The molecule has 8 nitrogen and oxygen atoms in total. The molecule has 0 unspecified atom stereocenters. The van der Waals surface area contributed by atoms with E-state index in [9.17, 15) is 4.79 Å². The minimum absolute atomic E-state index is 0.135. The summed E-state index contributed by atoms with van der Waals surface area (Å²) < 4.78 is 28.3. The Kier molecular flexibility index (Phi) is 6.45. The minimum atomic E-state index is -0.135. The maximum absolute atomic E-state index is 13.2. The number of allylic oxidation sites excluding steroid dienone is 1. The van der Waals surface area contributed by atoms with Crippen LogP contribution in [0.4, 0.5) is 0 Å². The predicted molar refractivity (Wildman–Crippen MR) is 127 cm³/mol. The Bertz CT molecular complexity index is 1120. The molecule has 1 fully saturated rings. The van der Waals surface area contributed by atoms with Crippen LogP contribution < -0.4 is 18.9 Å². The highest BCUT2D eigenvalue weighted by Crippen LogP contribution is 2.43. The number of benzene rings is 2. The maximum Gasteiger partial charge on any atom is 0.231 e. The molecule has 2 aromatic rings. The fourth-order valence-electron chi connectivity index (χ4n) is 4.63. The third-order valence-corrected chi connectivity index (χ3v) is 6.57. The first-order valence-electron chi connectivity index (χ1n) is 11.6. The van der Waals surface area contributed by atoms with Gasteiger partial charge in [-0.2, -0.15) is 0 Å². The molecule has 0 N–H and O–H groups in total. The van der Waals surface area contributed by atoms with Gasteiger partial charge >= 0.3 is 0 Å². The summed E-state index contributed by atoms with van der Waals surface area (Å²) in [5.74, 6) is 2.81. The van der Waals surface area contributed by atoms with Gasteiger partial charge in [-0.05, 0) is 31.2 Å². The van der Waals surface area contributed by atoms with Crippen LogP contribution in [-0.4, -0.2) is 75.9 Å². The fraction of sp³-hybridized carbons (Fsp3) is 0.423. The second kappa shape index (κ2) is 9.66. The van der Waals surface area contributed by atoms with Crippen molar-refractivity contribution < 1.29 is 28.5 Å². The van der Waals surface area contributed by atoms with Crippen LogP contribution in [-0.2, 0) is 11.3 Å². The Labute approximate surface area is 199 Å². The van der Waals surface area contributed by atoms with Crippen molar-refractivity contribution in [1.29, 1.82) is 0 Å². The Morgan fingerprint density at radius 1 is 1.03 bits per heavy atom. The summed E-state index contributed by atoms with van der Waals surface area (Å²) in [6.07, 6.45) is 1.72. The number of hydrogen-bond acceptors (Lipinski definition) is 8. The lowest BCUT2D eigenvalue weighted by Crippen LogP contribution is -2.43. The Morgan fingerprint density at radius 2 is 1.82 bits per heavy atom. The van der Waals surface area contributed by atoms with Crippen molar-refractivity contribution in [2.45, 2.75) is 13.5 Å². The normalized spacial score (nSPS) is 19.4. The van der Waals surface area contributed by atoms with Gasteiger partial charge in [0, 0.05) is 55.5 Å². The van der Waals surface area contributed by atoms with Gasteiger partial charge in [-0.25, -0.2) is 0 Å². The number of carbonyl (C=O) groups excluding carboxylic acids is 1. The predicted octanol–water partition coefficient (Wildman–Crippen LogP) is 3.11. The van der Waals surface area contributed by atoms with Gasteiger partial charge < -0.3 is 23.7 Å². The van der Waals surface area contributed by atoms with Crippen molar-refractivity contribution in [3.63, 3.8) is 0 Å². The van der Waals surface area contributed by atoms with Crippen LogP contribution in [0.25, 0.3) is 6.08 Å². The van der Waals surface area contributed by atoms with Crippen LogP contribution in [0.15, 0.2) is 30.0 Å². The third kappa shape index (κ3) is 4.36. The topological polar surface area (TPSA) is 69.7 Å². The van der Waals surface area contributed by atoms with Gasteiger partial charge in [0.2, 0.25) is 5.78 Å². The highest BCUT2D eigenvalue weighted by molar-refractivity contribution is 6.15. The summed E-state index contributed by atoms with van der Waals surface area (Å²) in [5, 5.41) is 0. The zero-order valence-electron chi connectivity index (χ0n) is 19.9. The van der Waals surface area contributed by atoms with Gasteiger partial charge in [-0.1, -0.05) is 0 Å². The highest BCUT2D eigenvalue weighted by Gasteiger charge is 2.34. The largest absolute Gasteiger partial charge is 0.497 e. The number of methoxy groups -OCH3 is 2. The molecule has 3 heterocycles. The molecule has 2 aromatic carbocycles. The molecule has 34 heavy (non-hydrogen) atoms. The number of morpholine rings is 1. The van der Waals surface area contributed by atoms with Crippen LogP contribution in [0.5, 0.6) is 23.0 Å². The third-order valence-electron chi connectivity index (χ3n) is 6.57. The molecular weight excluding hydrogens is 436 g/mol. The number of nitrogens with zero attached hydrogens (tertiary/aromatic N) is 2. The maximum atomic E-state index is 13.2. The number of carbonyl (C=O) groups is 1. The molecule has 5 rings (SSSR count). The quantitative estimate of drug-likeness (QED) is 0.602. The van der Waals surface area contributed by atoms with Gasteiger partial charge in [0.1, 0.15) is 29.7 Å². The zero-order chi connectivity index (χ0) is 23.7. The molecule has 0 aromatic heterocycles. The van der Waals surface area contributed by atoms with Gasteiger partial charge in [-0.15, -0.1) is 0 Å². The number of hydrogen-bond donors (Lipinski definition) is 0. The number of fused-ring (bicyclic) bond motifs is 2. The fourth-order valence-corrected chi connectivity index (χ4v) is 4.63. The summed E-state index contributed by atoms with van der Waals surface area (Å²) in [6, 6.07) is 7.37. The zero-order valence-corrected chi connectivity index (χ0v) is 19.9. The molecule has 3 aliphatic rings. The summed E-state index contributed by atoms with van der Waals surface area (Å²) in [4.78, 5) is 17.9. The van der Waals surface area contributed by atoms with E-state index in [0.29, 0.717) is 29.5 Å². The van der Waals surface area contributed by atoms with E-state index in [1.807, 2.05) is 25.1 Å². The SMILES string of the molecule is COc1ccc(C=C2Oc3c(cc4c(c3C)OCN(CCN3CCOCC3)C4)C2=O)c(OC)c1. The average molecular weight is 467 g/mol. The molecule has 1 saturated heterocycles. The molecular formula is C26H30N2O6. The second-order valence-electron chi connectivity index (χ2n) is 8.69. The van der Waals surface area contributed by atoms with Crippen molar-refractivity contribution in [3.8, 4) is 23.0 Å². The Morgan fingerprint density at radius 3 is 2.59 bits per heavy atom. The average Bonchev–Trinajstić information content (AvgIpc) is 3.19. The molecule has 8 heteroatoms. The van der Waals surface area contributed by atoms with Crippen molar-refractivity contribution in [1.82, 2.24) is 9.80 Å². The smallest absolute Gasteiger partial charge is 0.231 e. The standard InChI is InChI=1S/C26H30N2O6/c1-17-25-19(15-28(16-33-25)7-6-27-8-10-32-11-9-27)12-21-24(29)23(34-26(17)21)13-18-4-5-20(30-2)14-22(18)31-3/h4-5,12-14H,6-11,15-16H2,1-3H3. The van der Waals surface area contributed by atoms with E-state index in [2.05, 4.69) is 9.80 Å². The van der Waals surface area contributed by atoms with Gasteiger partial charge in [0.25, 0.3) is 0 Å². The van der Waals surface area contributed by atoms with E-state index in [1.165, 1.54) is 0 Å². The molecule has 0 aliphatic carbocycles. The molecule has 3 aliphatic heterocycles. The van der Waals surface area contributed by atoms with E-state index in [0.717, 1.165) is 68.4 Å². The molecule has 0 radical (unpaired) electrons. The van der Waals surface area contributed by atoms with E-state index >= 15 is 0 Å². The minimum Gasteiger partial charge on any atom is -0.497 e. The second-order valence-corrected chi connectivity index (χ2v) is 8.69. The van der Waals surface area contributed by atoms with Crippen molar-refractivity contribution in [2.24, 2.45) is 0 Å². The lowest BCUT2D eigenvalue weighted by atomic mass is 10.00. The summed E-state index contributed by atoms with van der Waals surface area (Å²) in [7, 11) is 3.19. The van der Waals surface area contributed by atoms with Crippen molar-refractivity contribution in [2.75, 3.05) is 60.3 Å². The number of rotatable bonds is 6. The van der Waals surface area contributed by atoms with Crippen LogP contribution in [0.1, 0.15) is 27.0 Å². The summed E-state index contributed by atoms with van der Waals surface area (Å²) >= 11 is 0. The van der Waals surface area contributed by atoms with Gasteiger partial charge in [-0.3, -0.25) is 14.6 Å². The van der Waals surface area contributed by atoms with Crippen molar-refractivity contribution in [3.05, 3.63) is 52.3 Å². The van der Waals surface area contributed by atoms with Gasteiger partial charge in [0.15, 0.2) is 5.76 Å². The van der Waals surface area contributed by atoms with Crippen LogP contribution in [0.2, 0.25) is 0 Å². The highest BCUT2D eigenvalue weighted by atomic mass is 16.5. The van der Waals surface area contributed by atoms with Gasteiger partial charge in [0.05, 0.1) is 33.0 Å². The molecule has 180 valence electrons. The summed E-state index contributed by atoms with van der Waals surface area (Å²) in [5.41, 5.74) is 3.20. The lowest BCUT2D eigenvalue weighted by molar-refractivity contribution is 0.0239. The van der Waals surface area contributed by atoms with E-state index < -0.39 is 0 Å². The Hall–Kier alpha value is -3.07. The first-order chi connectivity index (χ1) is 16.6. The molecule has 0 amide bonds. The van der Waals surface area contributed by atoms with Crippen LogP contribution >= 0.6 is 0 Å². The molecule has 0 saturated carbocycles. The monoisotopic (exact) mass is 466 g/mol. The van der Waals surface area contributed by atoms with E-state index in [4.69, 9.17) is 23.7 Å². The molecule has 0 bridgehead atoms. The van der Waals surface area contributed by atoms with Crippen LogP contribution in [0.3, 0.4) is 0 Å². The van der Waals surface area contributed by atoms with Crippen LogP contribution in [0, 0.1) is 6.92 Å². The number of ketones is 1. The molecule has 0 atom stereocenters. The number of Topliss-reactive ketones (excluding diaryl/α,β-unsaturated/α-hetero) is 1. The summed E-state index contributed by atoms with van der Waals surface area (Å²) in [6.45, 7) is 8.63. The first-order valence-corrected chi connectivity index (χ1v) is 11.6.